The first kappa shape index (κ1) is 16.7. The first-order chi connectivity index (χ1) is 12.3. The number of rotatable bonds is 5. The van der Waals surface area contributed by atoms with E-state index >= 15 is 0 Å². The van der Waals surface area contributed by atoms with Crippen LogP contribution in [0.15, 0.2) is 48.7 Å². The molecule has 6 nitrogen and oxygen atoms in total. The third-order valence-corrected chi connectivity index (χ3v) is 3.94. The Hall–Kier alpha value is -3.20. The predicted molar refractivity (Wildman–Crippen MR) is 97.8 cm³/mol. The molecule has 25 heavy (non-hydrogen) atoms. The summed E-state index contributed by atoms with van der Waals surface area (Å²) < 4.78 is 5.44. The van der Waals surface area contributed by atoms with Crippen molar-refractivity contribution in [3.8, 4) is 18.1 Å². The summed E-state index contributed by atoms with van der Waals surface area (Å²) in [6, 6.07) is 12.8. The fourth-order valence-corrected chi connectivity index (χ4v) is 2.79. The van der Waals surface area contributed by atoms with Gasteiger partial charge in [0.15, 0.2) is 0 Å². The average molecular weight is 336 g/mol. The molecule has 2 heterocycles. The fourth-order valence-electron chi connectivity index (χ4n) is 2.79. The van der Waals surface area contributed by atoms with Gasteiger partial charge in [0.05, 0.1) is 5.69 Å². The lowest BCUT2D eigenvalue weighted by Crippen LogP contribution is -2.39. The van der Waals surface area contributed by atoms with Crippen LogP contribution >= 0.6 is 0 Å². The zero-order chi connectivity index (χ0) is 17.5. The molecule has 3 rings (SSSR count). The number of pyridine rings is 1. The van der Waals surface area contributed by atoms with Gasteiger partial charge in [-0.1, -0.05) is 24.1 Å². The molecule has 2 amide bonds. The lowest BCUT2D eigenvalue weighted by molar-refractivity contribution is 0.249. The highest BCUT2D eigenvalue weighted by molar-refractivity contribution is 5.91. The number of nitrogens with one attached hydrogen (secondary N) is 2. The van der Waals surface area contributed by atoms with Crippen molar-refractivity contribution in [2.75, 3.05) is 29.9 Å². The first-order valence-electron chi connectivity index (χ1n) is 8.15. The van der Waals surface area contributed by atoms with Crippen molar-refractivity contribution in [3.05, 3.63) is 48.7 Å². The standard InChI is InChI=1S/C19H20N4O2/c1-2-13-25-17-8-4-3-7-16(17)22-19(24)21-15-10-12-23(14-15)18-9-5-6-11-20-18/h1,3-9,11,15H,10,12-14H2,(H2,21,22,24)/t15-/m0/s1. The molecule has 1 saturated heterocycles. The molecule has 2 N–H and O–H groups in total. The van der Waals surface area contributed by atoms with Gasteiger partial charge in [-0.25, -0.2) is 9.78 Å². The van der Waals surface area contributed by atoms with Crippen LogP contribution in [0.25, 0.3) is 0 Å². The molecule has 0 aliphatic carbocycles. The lowest BCUT2D eigenvalue weighted by atomic mass is 10.2. The van der Waals surface area contributed by atoms with E-state index in [1.165, 1.54) is 0 Å². The molecule has 0 unspecified atom stereocenters. The summed E-state index contributed by atoms with van der Waals surface area (Å²) in [7, 11) is 0. The molecular weight excluding hydrogens is 316 g/mol. The number of carbonyl (C=O) groups excluding carboxylic acids is 1. The van der Waals surface area contributed by atoms with Gasteiger partial charge in [0, 0.05) is 25.3 Å². The normalized spacial score (nSPS) is 16.1. The molecule has 1 aliphatic heterocycles. The zero-order valence-corrected chi connectivity index (χ0v) is 13.8. The van der Waals surface area contributed by atoms with E-state index in [2.05, 4.69) is 26.4 Å². The van der Waals surface area contributed by atoms with E-state index in [4.69, 9.17) is 11.2 Å². The van der Waals surface area contributed by atoms with E-state index in [0.29, 0.717) is 11.4 Å². The molecule has 0 radical (unpaired) electrons. The Morgan fingerprint density at radius 3 is 2.96 bits per heavy atom. The van der Waals surface area contributed by atoms with E-state index < -0.39 is 0 Å². The van der Waals surface area contributed by atoms with Crippen LogP contribution in [0.2, 0.25) is 0 Å². The van der Waals surface area contributed by atoms with Gasteiger partial charge in [-0.2, -0.15) is 0 Å². The van der Waals surface area contributed by atoms with Crippen LogP contribution in [0, 0.1) is 12.3 Å². The van der Waals surface area contributed by atoms with E-state index in [0.717, 1.165) is 25.3 Å². The van der Waals surface area contributed by atoms with Crippen molar-refractivity contribution >= 4 is 17.5 Å². The Labute approximate surface area is 147 Å². The number of amides is 2. The summed E-state index contributed by atoms with van der Waals surface area (Å²) >= 11 is 0. The number of nitrogens with zero attached hydrogens (tertiary/aromatic N) is 2. The van der Waals surface area contributed by atoms with Gasteiger partial charge in [-0.05, 0) is 30.7 Å². The van der Waals surface area contributed by atoms with Crippen LogP contribution in [0.3, 0.4) is 0 Å². The number of hydrogen-bond donors (Lipinski definition) is 2. The number of ether oxygens (including phenoxy) is 1. The smallest absolute Gasteiger partial charge is 0.319 e. The van der Waals surface area contributed by atoms with Gasteiger partial charge in [0.1, 0.15) is 18.2 Å². The molecule has 128 valence electrons. The molecule has 2 aromatic rings. The number of benzene rings is 1. The third-order valence-electron chi connectivity index (χ3n) is 3.94. The highest BCUT2D eigenvalue weighted by Gasteiger charge is 2.24. The molecule has 0 spiro atoms. The number of para-hydroxylation sites is 2. The number of terminal acetylenes is 1. The molecule has 1 aromatic carbocycles. The van der Waals surface area contributed by atoms with Gasteiger partial charge in [-0.3, -0.25) is 0 Å². The molecule has 1 atom stereocenters. The molecule has 1 aliphatic rings. The Bertz CT molecular complexity index is 758. The van der Waals surface area contributed by atoms with E-state index in [-0.39, 0.29) is 18.7 Å². The number of carbonyl (C=O) groups is 1. The summed E-state index contributed by atoms with van der Waals surface area (Å²) in [5, 5.41) is 5.82. The number of hydrogen-bond acceptors (Lipinski definition) is 4. The van der Waals surface area contributed by atoms with Gasteiger partial charge in [0.25, 0.3) is 0 Å². The Kier molecular flexibility index (Phi) is 5.37. The maximum atomic E-state index is 12.3. The lowest BCUT2D eigenvalue weighted by Gasteiger charge is -2.18. The van der Waals surface area contributed by atoms with Crippen LogP contribution in [0.5, 0.6) is 5.75 Å². The first-order valence-corrected chi connectivity index (χ1v) is 8.15. The summed E-state index contributed by atoms with van der Waals surface area (Å²) in [6.07, 6.45) is 7.86. The largest absolute Gasteiger partial charge is 0.479 e. The van der Waals surface area contributed by atoms with Crippen molar-refractivity contribution in [1.82, 2.24) is 10.3 Å². The molecule has 1 fully saturated rings. The minimum Gasteiger partial charge on any atom is -0.479 e. The minimum atomic E-state index is -0.260. The second-order valence-corrected chi connectivity index (χ2v) is 5.71. The molecule has 6 heteroatoms. The van der Waals surface area contributed by atoms with Crippen molar-refractivity contribution in [2.24, 2.45) is 0 Å². The predicted octanol–water partition coefficient (Wildman–Crippen LogP) is 2.49. The van der Waals surface area contributed by atoms with Crippen molar-refractivity contribution in [3.63, 3.8) is 0 Å². The van der Waals surface area contributed by atoms with Crippen LogP contribution in [-0.2, 0) is 0 Å². The van der Waals surface area contributed by atoms with Crippen LogP contribution in [0.4, 0.5) is 16.3 Å². The van der Waals surface area contributed by atoms with E-state index in [9.17, 15) is 4.79 Å². The number of urea groups is 1. The monoisotopic (exact) mass is 336 g/mol. The minimum absolute atomic E-state index is 0.0702. The quantitative estimate of drug-likeness (QED) is 0.824. The zero-order valence-electron chi connectivity index (χ0n) is 13.8. The Morgan fingerprint density at radius 2 is 2.16 bits per heavy atom. The van der Waals surface area contributed by atoms with Crippen molar-refractivity contribution in [1.29, 1.82) is 0 Å². The Balaban J connectivity index is 1.55. The van der Waals surface area contributed by atoms with Gasteiger partial charge < -0.3 is 20.3 Å². The summed E-state index contributed by atoms with van der Waals surface area (Å²) in [4.78, 5) is 18.8. The second kappa shape index (κ2) is 8.06. The molecule has 0 bridgehead atoms. The third kappa shape index (κ3) is 4.42. The SMILES string of the molecule is C#CCOc1ccccc1NC(=O)N[C@H]1CCN(c2ccccn2)C1. The van der Waals surface area contributed by atoms with Crippen LogP contribution in [0.1, 0.15) is 6.42 Å². The molecule has 0 saturated carbocycles. The summed E-state index contributed by atoms with van der Waals surface area (Å²) in [5.74, 6) is 3.90. The number of anilines is 2. The maximum absolute atomic E-state index is 12.3. The Morgan fingerprint density at radius 1 is 1.32 bits per heavy atom. The van der Waals surface area contributed by atoms with Gasteiger partial charge in [0.2, 0.25) is 0 Å². The van der Waals surface area contributed by atoms with Gasteiger partial charge in [-0.15, -0.1) is 6.42 Å². The number of aromatic nitrogens is 1. The summed E-state index contributed by atoms with van der Waals surface area (Å²) in [6.45, 7) is 1.76. The highest BCUT2D eigenvalue weighted by atomic mass is 16.5. The fraction of sp³-hybridized carbons (Fsp3) is 0.263. The van der Waals surface area contributed by atoms with E-state index in [1.807, 2.05) is 30.3 Å². The second-order valence-electron chi connectivity index (χ2n) is 5.71. The van der Waals surface area contributed by atoms with E-state index in [1.54, 1.807) is 18.3 Å². The van der Waals surface area contributed by atoms with Crippen molar-refractivity contribution in [2.45, 2.75) is 12.5 Å². The maximum Gasteiger partial charge on any atom is 0.319 e. The van der Waals surface area contributed by atoms with Crippen molar-refractivity contribution < 1.29 is 9.53 Å². The topological polar surface area (TPSA) is 66.5 Å². The molecular formula is C19H20N4O2. The summed E-state index contributed by atoms with van der Waals surface area (Å²) in [5.41, 5.74) is 0.592. The van der Waals surface area contributed by atoms with Crippen LogP contribution < -0.4 is 20.3 Å². The average Bonchev–Trinajstić information content (AvgIpc) is 3.10. The van der Waals surface area contributed by atoms with Crippen LogP contribution in [-0.4, -0.2) is 36.8 Å². The molecule has 1 aromatic heterocycles. The van der Waals surface area contributed by atoms with Gasteiger partial charge >= 0.3 is 6.03 Å². The highest BCUT2D eigenvalue weighted by Crippen LogP contribution is 2.23.